The van der Waals surface area contributed by atoms with E-state index in [1.54, 1.807) is 42.5 Å². The molecule has 0 aliphatic carbocycles. The number of para-hydroxylation sites is 3. The smallest absolute Gasteiger partial charge is 0.329 e. The Morgan fingerprint density at radius 3 is 2.44 bits per heavy atom. The van der Waals surface area contributed by atoms with Crippen LogP contribution < -0.4 is 24.8 Å². The molecule has 2 aromatic carbocycles. The summed E-state index contributed by atoms with van der Waals surface area (Å²) in [7, 11) is 3.00. The van der Waals surface area contributed by atoms with Crippen LogP contribution in [-0.2, 0) is 9.59 Å². The van der Waals surface area contributed by atoms with Crippen molar-refractivity contribution in [1.82, 2.24) is 10.2 Å². The first-order valence-electron chi connectivity index (χ1n) is 9.95. The zero-order valence-corrected chi connectivity index (χ0v) is 18.3. The Hall–Kier alpha value is -4.01. The van der Waals surface area contributed by atoms with Crippen molar-refractivity contribution in [3.8, 4) is 17.2 Å². The highest BCUT2D eigenvalue weighted by Gasteiger charge is 2.35. The van der Waals surface area contributed by atoms with Crippen molar-refractivity contribution in [3.63, 3.8) is 0 Å². The van der Waals surface area contributed by atoms with Crippen LogP contribution in [0.15, 0.2) is 48.2 Å². The van der Waals surface area contributed by atoms with Crippen LogP contribution in [0.25, 0.3) is 6.08 Å². The van der Waals surface area contributed by atoms with Gasteiger partial charge in [0, 0.05) is 5.56 Å². The Labute approximate surface area is 185 Å². The number of carbonyl (C=O) groups excluding carboxylic acids is 3. The summed E-state index contributed by atoms with van der Waals surface area (Å²) in [5.41, 5.74) is 1.03. The molecule has 1 saturated heterocycles. The zero-order chi connectivity index (χ0) is 23.3. The SMILES string of the molecule is COc1ccccc1NC(=O)CN1C(=O)N/C(=C/c2cccc(OC)c2OC(C)C)C1=O. The van der Waals surface area contributed by atoms with Gasteiger partial charge in [-0.2, -0.15) is 0 Å². The Balaban J connectivity index is 1.79. The third-order valence-corrected chi connectivity index (χ3v) is 4.53. The quantitative estimate of drug-likeness (QED) is 0.484. The summed E-state index contributed by atoms with van der Waals surface area (Å²) >= 11 is 0. The maximum atomic E-state index is 12.8. The molecule has 0 aromatic heterocycles. The van der Waals surface area contributed by atoms with Gasteiger partial charge in [0.1, 0.15) is 18.0 Å². The number of amides is 4. The van der Waals surface area contributed by atoms with Gasteiger partial charge in [-0.1, -0.05) is 24.3 Å². The Kier molecular flexibility index (Phi) is 6.99. The van der Waals surface area contributed by atoms with Gasteiger partial charge in [-0.15, -0.1) is 0 Å². The predicted molar refractivity (Wildman–Crippen MR) is 119 cm³/mol. The number of hydrogen-bond acceptors (Lipinski definition) is 6. The number of anilines is 1. The van der Waals surface area contributed by atoms with Crippen LogP contribution in [-0.4, -0.2) is 49.6 Å². The maximum Gasteiger partial charge on any atom is 0.329 e. The number of carbonyl (C=O) groups is 3. The van der Waals surface area contributed by atoms with Gasteiger partial charge in [0.05, 0.1) is 26.0 Å². The second kappa shape index (κ2) is 9.86. The first-order chi connectivity index (χ1) is 15.3. The predicted octanol–water partition coefficient (Wildman–Crippen LogP) is 3.02. The molecule has 1 heterocycles. The van der Waals surface area contributed by atoms with Gasteiger partial charge in [-0.25, -0.2) is 9.69 Å². The average molecular weight is 439 g/mol. The standard InChI is InChI=1S/C23H25N3O6/c1-14(2)32-21-15(8-7-11-19(21)31-4)12-17-22(28)26(23(29)25-17)13-20(27)24-16-9-5-6-10-18(16)30-3/h5-12,14H,13H2,1-4H3,(H,24,27)(H,25,29)/b17-12+. The van der Waals surface area contributed by atoms with Gasteiger partial charge in [0.2, 0.25) is 5.91 Å². The number of imide groups is 1. The minimum Gasteiger partial charge on any atom is -0.495 e. The summed E-state index contributed by atoms with van der Waals surface area (Å²) in [6.45, 7) is 3.29. The van der Waals surface area contributed by atoms with E-state index in [1.165, 1.54) is 20.3 Å². The minimum atomic E-state index is -0.689. The van der Waals surface area contributed by atoms with E-state index in [0.717, 1.165) is 4.90 Å². The summed E-state index contributed by atoms with van der Waals surface area (Å²) < 4.78 is 16.4. The second-order valence-electron chi connectivity index (χ2n) is 7.17. The minimum absolute atomic E-state index is 0.0296. The molecule has 0 radical (unpaired) electrons. The molecule has 9 nitrogen and oxygen atoms in total. The third-order valence-electron chi connectivity index (χ3n) is 4.53. The summed E-state index contributed by atoms with van der Waals surface area (Å²) in [5.74, 6) is 0.257. The van der Waals surface area contributed by atoms with E-state index < -0.39 is 24.4 Å². The van der Waals surface area contributed by atoms with Crippen molar-refractivity contribution < 1.29 is 28.6 Å². The van der Waals surface area contributed by atoms with Crippen LogP contribution >= 0.6 is 0 Å². The lowest BCUT2D eigenvalue weighted by Gasteiger charge is -2.16. The molecular formula is C23H25N3O6. The lowest BCUT2D eigenvalue weighted by Crippen LogP contribution is -2.38. The molecule has 1 aliphatic heterocycles. The van der Waals surface area contributed by atoms with E-state index >= 15 is 0 Å². The highest BCUT2D eigenvalue weighted by atomic mass is 16.5. The summed E-state index contributed by atoms with van der Waals surface area (Å²) in [4.78, 5) is 38.5. The van der Waals surface area contributed by atoms with Gasteiger partial charge in [0.15, 0.2) is 11.5 Å². The Morgan fingerprint density at radius 1 is 1.06 bits per heavy atom. The van der Waals surface area contributed by atoms with Crippen LogP contribution in [0, 0.1) is 0 Å². The summed E-state index contributed by atoms with van der Waals surface area (Å²) in [6.07, 6.45) is 1.37. The van der Waals surface area contributed by atoms with E-state index in [9.17, 15) is 14.4 Å². The van der Waals surface area contributed by atoms with Crippen molar-refractivity contribution in [2.24, 2.45) is 0 Å². The van der Waals surface area contributed by atoms with Crippen molar-refractivity contribution in [3.05, 3.63) is 53.7 Å². The molecule has 0 spiro atoms. The fraction of sp³-hybridized carbons (Fsp3) is 0.261. The van der Waals surface area contributed by atoms with Crippen LogP contribution in [0.2, 0.25) is 0 Å². The highest BCUT2D eigenvalue weighted by Crippen LogP contribution is 2.34. The number of benzene rings is 2. The number of ether oxygens (including phenoxy) is 3. The molecule has 9 heteroatoms. The molecule has 0 bridgehead atoms. The van der Waals surface area contributed by atoms with E-state index in [4.69, 9.17) is 14.2 Å². The number of nitrogens with zero attached hydrogens (tertiary/aromatic N) is 1. The molecule has 1 fully saturated rings. The molecule has 3 rings (SSSR count). The highest BCUT2D eigenvalue weighted by molar-refractivity contribution is 6.16. The molecule has 2 N–H and O–H groups in total. The normalized spacial score (nSPS) is 14.5. The zero-order valence-electron chi connectivity index (χ0n) is 18.3. The van der Waals surface area contributed by atoms with Gasteiger partial charge in [-0.3, -0.25) is 9.59 Å². The number of rotatable bonds is 8. The van der Waals surface area contributed by atoms with Gasteiger partial charge in [0.25, 0.3) is 5.91 Å². The van der Waals surface area contributed by atoms with Gasteiger partial charge >= 0.3 is 6.03 Å². The van der Waals surface area contributed by atoms with Crippen molar-refractivity contribution in [1.29, 1.82) is 0 Å². The van der Waals surface area contributed by atoms with Gasteiger partial charge in [-0.05, 0) is 38.1 Å². The molecule has 1 aliphatic rings. The Bertz CT molecular complexity index is 1060. The molecule has 32 heavy (non-hydrogen) atoms. The van der Waals surface area contributed by atoms with Crippen molar-refractivity contribution in [2.75, 3.05) is 26.1 Å². The van der Waals surface area contributed by atoms with Crippen molar-refractivity contribution >= 4 is 29.6 Å². The van der Waals surface area contributed by atoms with E-state index in [1.807, 2.05) is 13.8 Å². The van der Waals surface area contributed by atoms with E-state index in [0.29, 0.717) is 28.5 Å². The number of hydrogen-bond donors (Lipinski definition) is 2. The fourth-order valence-electron chi connectivity index (χ4n) is 3.12. The van der Waals surface area contributed by atoms with Crippen LogP contribution in [0.5, 0.6) is 17.2 Å². The molecule has 4 amide bonds. The molecule has 168 valence electrons. The third kappa shape index (κ3) is 5.00. The van der Waals surface area contributed by atoms with Crippen molar-refractivity contribution in [2.45, 2.75) is 20.0 Å². The number of urea groups is 1. The average Bonchev–Trinajstić information content (AvgIpc) is 3.02. The molecule has 0 saturated carbocycles. The number of methoxy groups -OCH3 is 2. The van der Waals surface area contributed by atoms with Crippen LogP contribution in [0.3, 0.4) is 0 Å². The monoisotopic (exact) mass is 439 g/mol. The topological polar surface area (TPSA) is 106 Å². The molecule has 0 unspecified atom stereocenters. The first-order valence-corrected chi connectivity index (χ1v) is 9.95. The molecule has 2 aromatic rings. The Morgan fingerprint density at radius 2 is 1.75 bits per heavy atom. The second-order valence-corrected chi connectivity index (χ2v) is 7.17. The van der Waals surface area contributed by atoms with E-state index in [-0.39, 0.29) is 11.8 Å². The molecule has 0 atom stereocenters. The summed E-state index contributed by atoms with van der Waals surface area (Å²) in [6, 6.07) is 11.4. The van der Waals surface area contributed by atoms with Crippen LogP contribution in [0.4, 0.5) is 10.5 Å². The van der Waals surface area contributed by atoms with E-state index in [2.05, 4.69) is 10.6 Å². The first kappa shape index (κ1) is 22.7. The maximum absolute atomic E-state index is 12.8. The lowest BCUT2D eigenvalue weighted by atomic mass is 10.1. The number of nitrogens with one attached hydrogen (secondary N) is 2. The largest absolute Gasteiger partial charge is 0.495 e. The molecular weight excluding hydrogens is 414 g/mol. The summed E-state index contributed by atoms with van der Waals surface area (Å²) in [5, 5.41) is 5.16. The fourth-order valence-corrected chi connectivity index (χ4v) is 3.12. The van der Waals surface area contributed by atoms with Crippen LogP contribution in [0.1, 0.15) is 19.4 Å². The lowest BCUT2D eigenvalue weighted by molar-refractivity contribution is -0.127. The van der Waals surface area contributed by atoms with Gasteiger partial charge < -0.3 is 24.8 Å².